The van der Waals surface area contributed by atoms with Crippen molar-refractivity contribution in [1.82, 2.24) is 18.8 Å². The number of hydrogen-bond acceptors (Lipinski definition) is 5. The van der Waals surface area contributed by atoms with Gasteiger partial charge in [0.1, 0.15) is 11.9 Å². The minimum Gasteiger partial charge on any atom is -0.490 e. The largest absolute Gasteiger partial charge is 0.490 e. The lowest BCUT2D eigenvalue weighted by Crippen LogP contribution is -2.49. The minimum atomic E-state index is -3.54. The first-order valence-electron chi connectivity index (χ1n) is 8.12. The Balaban J connectivity index is 1.53. The van der Waals surface area contributed by atoms with Gasteiger partial charge in [0.25, 0.3) is 10.0 Å². The predicted octanol–water partition coefficient (Wildman–Crippen LogP) is 1.58. The average molecular weight is 348 g/mol. The first-order valence-corrected chi connectivity index (χ1v) is 9.56. The summed E-state index contributed by atoms with van der Waals surface area (Å²) in [5, 5.41) is 0.135. The maximum Gasteiger partial charge on any atom is 0.262 e. The summed E-state index contributed by atoms with van der Waals surface area (Å²) in [5.74, 6) is 0.787. The number of aromatic nitrogens is 3. The van der Waals surface area contributed by atoms with Crippen LogP contribution < -0.4 is 4.74 Å². The number of piperidine rings is 1. The molecule has 7 nitrogen and oxygen atoms in total. The minimum absolute atomic E-state index is 0.0115. The SMILES string of the molecule is Cn1cnc(S(=O)(=O)N2C3CCC2CC(Oc2ccncc2)C3)c1. The number of rotatable bonds is 4. The Morgan fingerprint density at radius 3 is 2.42 bits per heavy atom. The molecule has 2 aliphatic rings. The lowest BCUT2D eigenvalue weighted by atomic mass is 10.0. The zero-order valence-electron chi connectivity index (χ0n) is 13.4. The summed E-state index contributed by atoms with van der Waals surface area (Å²) in [4.78, 5) is 8.03. The van der Waals surface area contributed by atoms with Crippen molar-refractivity contribution >= 4 is 10.0 Å². The Morgan fingerprint density at radius 1 is 1.17 bits per heavy atom. The van der Waals surface area contributed by atoms with Crippen LogP contribution in [0.4, 0.5) is 0 Å². The molecule has 4 rings (SSSR count). The van der Waals surface area contributed by atoms with E-state index in [0.717, 1.165) is 18.6 Å². The van der Waals surface area contributed by atoms with Gasteiger partial charge in [0.2, 0.25) is 0 Å². The number of sulfonamides is 1. The van der Waals surface area contributed by atoms with Crippen LogP contribution in [0, 0.1) is 0 Å². The highest BCUT2D eigenvalue weighted by molar-refractivity contribution is 7.89. The molecular weight excluding hydrogens is 328 g/mol. The number of ether oxygens (including phenoxy) is 1. The van der Waals surface area contributed by atoms with E-state index in [9.17, 15) is 8.42 Å². The van der Waals surface area contributed by atoms with Crippen LogP contribution in [-0.4, -0.2) is 45.4 Å². The van der Waals surface area contributed by atoms with E-state index in [2.05, 4.69) is 9.97 Å². The summed E-state index contributed by atoms with van der Waals surface area (Å²) >= 11 is 0. The third kappa shape index (κ3) is 2.69. The fourth-order valence-electron chi connectivity index (χ4n) is 3.81. The smallest absolute Gasteiger partial charge is 0.262 e. The van der Waals surface area contributed by atoms with Gasteiger partial charge in [-0.05, 0) is 25.0 Å². The molecule has 8 heteroatoms. The normalized spacial score (nSPS) is 27.3. The summed E-state index contributed by atoms with van der Waals surface area (Å²) in [5.41, 5.74) is 0. The number of imidazole rings is 1. The first kappa shape index (κ1) is 15.6. The third-order valence-electron chi connectivity index (χ3n) is 4.80. The number of fused-ring (bicyclic) bond motifs is 2. The molecule has 4 heterocycles. The zero-order chi connectivity index (χ0) is 16.7. The maximum absolute atomic E-state index is 12.9. The van der Waals surface area contributed by atoms with Crippen molar-refractivity contribution in [3.63, 3.8) is 0 Å². The van der Waals surface area contributed by atoms with Gasteiger partial charge < -0.3 is 9.30 Å². The van der Waals surface area contributed by atoms with Crippen LogP contribution in [0.1, 0.15) is 25.7 Å². The van der Waals surface area contributed by atoms with Gasteiger partial charge in [0.05, 0.1) is 6.33 Å². The average Bonchev–Trinajstić information content (AvgIpc) is 3.11. The van der Waals surface area contributed by atoms with Crippen LogP contribution in [0.3, 0.4) is 0 Å². The second kappa shape index (κ2) is 5.86. The van der Waals surface area contributed by atoms with Crippen LogP contribution in [-0.2, 0) is 17.1 Å². The molecule has 2 atom stereocenters. The Bertz CT molecular complexity index is 807. The second-order valence-corrected chi connectivity index (χ2v) is 8.28. The van der Waals surface area contributed by atoms with E-state index in [1.807, 2.05) is 12.1 Å². The van der Waals surface area contributed by atoms with E-state index in [-0.39, 0.29) is 23.2 Å². The summed E-state index contributed by atoms with van der Waals surface area (Å²) in [7, 11) is -1.76. The van der Waals surface area contributed by atoms with Crippen LogP contribution in [0.2, 0.25) is 0 Å². The van der Waals surface area contributed by atoms with Crippen LogP contribution in [0.25, 0.3) is 0 Å². The maximum atomic E-state index is 12.9. The van der Waals surface area contributed by atoms with Crippen molar-refractivity contribution in [1.29, 1.82) is 0 Å². The molecule has 0 aromatic carbocycles. The molecule has 2 aromatic rings. The van der Waals surface area contributed by atoms with Crippen LogP contribution in [0.5, 0.6) is 5.75 Å². The molecule has 0 amide bonds. The molecule has 2 unspecified atom stereocenters. The van der Waals surface area contributed by atoms with Crippen molar-refractivity contribution in [3.8, 4) is 5.75 Å². The quantitative estimate of drug-likeness (QED) is 0.838. The molecule has 2 fully saturated rings. The molecule has 2 aromatic heterocycles. The van der Waals surface area contributed by atoms with Crippen molar-refractivity contribution in [2.24, 2.45) is 7.05 Å². The van der Waals surface area contributed by atoms with Gasteiger partial charge in [-0.1, -0.05) is 0 Å². The van der Waals surface area contributed by atoms with Gasteiger partial charge in [0.15, 0.2) is 5.03 Å². The fraction of sp³-hybridized carbons (Fsp3) is 0.500. The van der Waals surface area contributed by atoms with Gasteiger partial charge >= 0.3 is 0 Å². The highest BCUT2D eigenvalue weighted by Gasteiger charge is 2.48. The molecule has 2 bridgehead atoms. The van der Waals surface area contributed by atoms with Gasteiger partial charge in [-0.25, -0.2) is 13.4 Å². The third-order valence-corrected chi connectivity index (χ3v) is 6.69. The molecule has 0 saturated carbocycles. The number of pyridine rings is 1. The topological polar surface area (TPSA) is 77.3 Å². The van der Waals surface area contributed by atoms with E-state index in [4.69, 9.17) is 4.74 Å². The highest BCUT2D eigenvalue weighted by atomic mass is 32.2. The zero-order valence-corrected chi connectivity index (χ0v) is 14.3. The second-order valence-electron chi connectivity index (χ2n) is 6.49. The molecule has 2 saturated heterocycles. The molecule has 0 radical (unpaired) electrons. The van der Waals surface area contributed by atoms with Gasteiger partial charge in [0, 0.05) is 50.6 Å². The Morgan fingerprint density at radius 2 is 1.83 bits per heavy atom. The Labute approximate surface area is 141 Å². The highest BCUT2D eigenvalue weighted by Crippen LogP contribution is 2.40. The van der Waals surface area contributed by atoms with E-state index in [1.165, 1.54) is 6.33 Å². The fourth-order valence-corrected chi connectivity index (χ4v) is 5.68. The van der Waals surface area contributed by atoms with Crippen molar-refractivity contribution < 1.29 is 13.2 Å². The Kier molecular flexibility index (Phi) is 3.80. The number of nitrogens with zero attached hydrogens (tertiary/aromatic N) is 4. The molecule has 0 spiro atoms. The Hall–Kier alpha value is -1.93. The van der Waals surface area contributed by atoms with Crippen molar-refractivity contribution in [2.45, 2.75) is 48.9 Å². The van der Waals surface area contributed by atoms with Gasteiger partial charge in [-0.3, -0.25) is 4.98 Å². The van der Waals surface area contributed by atoms with E-state index < -0.39 is 10.0 Å². The lowest BCUT2D eigenvalue weighted by molar-refractivity contribution is 0.0954. The molecule has 2 aliphatic heterocycles. The van der Waals surface area contributed by atoms with Crippen LogP contribution in [0.15, 0.2) is 42.1 Å². The van der Waals surface area contributed by atoms with Crippen LogP contribution >= 0.6 is 0 Å². The predicted molar refractivity (Wildman–Crippen MR) is 86.9 cm³/mol. The summed E-state index contributed by atoms with van der Waals surface area (Å²) in [6.07, 6.45) is 9.72. The van der Waals surface area contributed by atoms with Gasteiger partial charge in [-0.15, -0.1) is 0 Å². The number of aryl methyl sites for hydroxylation is 1. The summed E-state index contributed by atoms with van der Waals surface area (Å²) in [6.45, 7) is 0. The molecule has 24 heavy (non-hydrogen) atoms. The first-order chi connectivity index (χ1) is 11.5. The van der Waals surface area contributed by atoms with Crippen molar-refractivity contribution in [3.05, 3.63) is 37.1 Å². The number of hydrogen-bond donors (Lipinski definition) is 0. The molecule has 128 valence electrons. The lowest BCUT2D eigenvalue weighted by Gasteiger charge is -2.37. The van der Waals surface area contributed by atoms with E-state index in [0.29, 0.717) is 12.8 Å². The van der Waals surface area contributed by atoms with E-state index in [1.54, 1.807) is 34.5 Å². The monoisotopic (exact) mass is 348 g/mol. The summed E-state index contributed by atoms with van der Waals surface area (Å²) < 4.78 is 35.2. The van der Waals surface area contributed by atoms with Gasteiger partial charge in [-0.2, -0.15) is 4.31 Å². The van der Waals surface area contributed by atoms with E-state index >= 15 is 0 Å². The molecule has 0 N–H and O–H groups in total. The standard InChI is InChI=1S/C16H20N4O3S/c1-19-10-16(18-11-19)24(21,22)20-12-2-3-13(20)9-15(8-12)23-14-4-6-17-7-5-14/h4-7,10-13,15H,2-3,8-9H2,1H3. The molecule has 0 aliphatic carbocycles. The summed E-state index contributed by atoms with van der Waals surface area (Å²) in [6, 6.07) is 3.64. The van der Waals surface area contributed by atoms with Crippen molar-refractivity contribution in [2.75, 3.05) is 0 Å². The molecular formula is C16H20N4O3S.